The van der Waals surface area contributed by atoms with E-state index in [1.807, 2.05) is 24.3 Å². The van der Waals surface area contributed by atoms with Gasteiger partial charge in [0.15, 0.2) is 5.11 Å². The molecule has 108 valence electrons. The first-order valence-corrected chi connectivity index (χ1v) is 7.99. The van der Waals surface area contributed by atoms with E-state index in [1.54, 1.807) is 4.90 Å². The molecule has 2 aromatic rings. The number of nitrogens with zero attached hydrogens (tertiary/aromatic N) is 2. The van der Waals surface area contributed by atoms with E-state index in [1.165, 1.54) is 0 Å². The monoisotopic (exact) mass is 306 g/mol. The molecule has 3 nitrogen and oxygen atoms in total. The molecule has 0 saturated carbocycles. The van der Waals surface area contributed by atoms with Crippen LogP contribution in [0.5, 0.6) is 0 Å². The number of anilines is 1. The first kappa shape index (κ1) is 12.4. The third-order valence-corrected chi connectivity index (χ3v) is 5.44. The van der Waals surface area contributed by atoms with Crippen LogP contribution >= 0.6 is 12.2 Å². The van der Waals surface area contributed by atoms with Gasteiger partial charge in [-0.1, -0.05) is 48.6 Å². The van der Waals surface area contributed by atoms with E-state index >= 15 is 0 Å². The SMILES string of the molecule is O=C1[C@H]2C3C=CC(C3)N2C(=S)N1c1cccc2ccccc12. The van der Waals surface area contributed by atoms with E-state index < -0.39 is 0 Å². The summed E-state index contributed by atoms with van der Waals surface area (Å²) in [7, 11) is 0. The Hall–Kier alpha value is -2.20. The third kappa shape index (κ3) is 1.40. The molecule has 2 aliphatic heterocycles. The highest BCUT2D eigenvalue weighted by atomic mass is 32.1. The summed E-state index contributed by atoms with van der Waals surface area (Å²) in [5, 5.41) is 2.86. The fourth-order valence-electron chi connectivity index (χ4n) is 4.09. The second-order valence-corrected chi connectivity index (χ2v) is 6.52. The quantitative estimate of drug-likeness (QED) is 0.597. The van der Waals surface area contributed by atoms with Gasteiger partial charge in [0.25, 0.3) is 5.91 Å². The zero-order valence-electron chi connectivity index (χ0n) is 11.8. The summed E-state index contributed by atoms with van der Waals surface area (Å²) >= 11 is 5.66. The van der Waals surface area contributed by atoms with E-state index in [9.17, 15) is 4.79 Å². The zero-order chi connectivity index (χ0) is 14.8. The lowest BCUT2D eigenvalue weighted by Gasteiger charge is -2.25. The Morgan fingerprint density at radius 1 is 1.05 bits per heavy atom. The molecular weight excluding hydrogens is 292 g/mol. The van der Waals surface area contributed by atoms with Crippen molar-refractivity contribution in [3.8, 4) is 0 Å². The van der Waals surface area contributed by atoms with Crippen LogP contribution in [0.2, 0.25) is 0 Å². The zero-order valence-corrected chi connectivity index (χ0v) is 12.7. The molecule has 2 unspecified atom stereocenters. The van der Waals surface area contributed by atoms with Crippen molar-refractivity contribution in [3.63, 3.8) is 0 Å². The molecule has 2 bridgehead atoms. The topological polar surface area (TPSA) is 23.6 Å². The number of fused-ring (bicyclic) bond motifs is 6. The Bertz CT molecular complexity index is 824. The van der Waals surface area contributed by atoms with Crippen molar-refractivity contribution in [1.29, 1.82) is 0 Å². The summed E-state index contributed by atoms with van der Waals surface area (Å²) < 4.78 is 0. The summed E-state index contributed by atoms with van der Waals surface area (Å²) in [5.41, 5.74) is 0.905. The van der Waals surface area contributed by atoms with Crippen LogP contribution in [-0.4, -0.2) is 28.0 Å². The average Bonchev–Trinajstić information content (AvgIpc) is 3.21. The van der Waals surface area contributed by atoms with Crippen LogP contribution in [-0.2, 0) is 4.79 Å². The van der Waals surface area contributed by atoms with Crippen LogP contribution in [0.15, 0.2) is 54.6 Å². The molecule has 0 spiro atoms. The Kier molecular flexibility index (Phi) is 2.34. The minimum Gasteiger partial charge on any atom is -0.329 e. The Morgan fingerprint density at radius 2 is 1.86 bits per heavy atom. The lowest BCUT2D eigenvalue weighted by molar-refractivity contribution is -0.119. The maximum atomic E-state index is 13.0. The van der Waals surface area contributed by atoms with Crippen LogP contribution in [0.3, 0.4) is 0 Å². The summed E-state index contributed by atoms with van der Waals surface area (Å²) in [6.45, 7) is 0. The molecule has 2 saturated heterocycles. The number of rotatable bonds is 1. The first-order chi connectivity index (χ1) is 10.8. The predicted molar refractivity (Wildman–Crippen MR) is 90.7 cm³/mol. The van der Waals surface area contributed by atoms with E-state index in [2.05, 4.69) is 35.3 Å². The molecule has 2 heterocycles. The van der Waals surface area contributed by atoms with E-state index in [0.717, 1.165) is 22.9 Å². The number of hydrogen-bond acceptors (Lipinski definition) is 2. The minimum absolute atomic E-state index is 0.0959. The van der Waals surface area contributed by atoms with Gasteiger partial charge in [0.1, 0.15) is 6.04 Å². The molecule has 22 heavy (non-hydrogen) atoms. The summed E-state index contributed by atoms with van der Waals surface area (Å²) in [6, 6.07) is 14.4. The third-order valence-electron chi connectivity index (χ3n) is 5.05. The molecule has 3 aliphatic rings. The van der Waals surface area contributed by atoms with Gasteiger partial charge in [0.2, 0.25) is 0 Å². The highest BCUT2D eigenvalue weighted by molar-refractivity contribution is 7.80. The second-order valence-electron chi connectivity index (χ2n) is 6.16. The van der Waals surface area contributed by atoms with Gasteiger partial charge in [-0.25, -0.2) is 0 Å². The molecule has 4 heteroatoms. The fourth-order valence-corrected chi connectivity index (χ4v) is 4.53. The first-order valence-electron chi connectivity index (χ1n) is 7.58. The summed E-state index contributed by atoms with van der Waals surface area (Å²) in [6.07, 6.45) is 5.40. The smallest absolute Gasteiger partial charge is 0.256 e. The number of benzene rings is 2. The predicted octanol–water partition coefficient (Wildman–Crippen LogP) is 3.10. The van der Waals surface area contributed by atoms with Gasteiger partial charge in [-0.15, -0.1) is 0 Å². The minimum atomic E-state index is -0.0959. The van der Waals surface area contributed by atoms with Crippen LogP contribution in [0, 0.1) is 5.92 Å². The molecule has 0 N–H and O–H groups in total. The molecule has 1 amide bonds. The lowest BCUT2D eigenvalue weighted by atomic mass is 10.0. The average molecular weight is 306 g/mol. The molecule has 0 aromatic heterocycles. The number of thiocarbonyl (C=S) groups is 1. The van der Waals surface area contributed by atoms with Crippen molar-refractivity contribution in [2.45, 2.75) is 18.5 Å². The van der Waals surface area contributed by atoms with Crippen molar-refractivity contribution in [2.75, 3.05) is 4.90 Å². The molecule has 3 atom stereocenters. The lowest BCUT2D eigenvalue weighted by Crippen LogP contribution is -2.38. The van der Waals surface area contributed by atoms with E-state index in [0.29, 0.717) is 17.1 Å². The van der Waals surface area contributed by atoms with Gasteiger partial charge in [0, 0.05) is 11.3 Å². The standard InChI is InChI=1S/C18H14N2OS/c21-17-16-12-8-9-13(10-12)19(16)18(22)20(17)15-7-3-5-11-4-1-2-6-14(11)15/h1-9,12-13,16H,10H2/t12?,13?,16-/m1/s1. The maximum absolute atomic E-state index is 13.0. The molecular formula is C18H14N2OS. The van der Waals surface area contributed by atoms with Crippen molar-refractivity contribution < 1.29 is 4.79 Å². The highest BCUT2D eigenvalue weighted by Crippen LogP contribution is 2.44. The highest BCUT2D eigenvalue weighted by Gasteiger charge is 2.55. The number of carbonyl (C=O) groups excluding carboxylic acids is 1. The second kappa shape index (κ2) is 4.17. The van der Waals surface area contributed by atoms with Gasteiger partial charge < -0.3 is 4.90 Å². The fraction of sp³-hybridized carbons (Fsp3) is 0.222. The largest absolute Gasteiger partial charge is 0.329 e. The van der Waals surface area contributed by atoms with Gasteiger partial charge in [-0.05, 0) is 30.1 Å². The van der Waals surface area contributed by atoms with Crippen LogP contribution < -0.4 is 4.90 Å². The van der Waals surface area contributed by atoms with Crippen molar-refractivity contribution in [1.82, 2.24) is 4.90 Å². The van der Waals surface area contributed by atoms with E-state index in [-0.39, 0.29) is 11.9 Å². The molecule has 0 radical (unpaired) electrons. The number of hydrogen-bond donors (Lipinski definition) is 0. The molecule has 2 fully saturated rings. The van der Waals surface area contributed by atoms with Gasteiger partial charge in [-0.2, -0.15) is 0 Å². The Morgan fingerprint density at radius 3 is 2.73 bits per heavy atom. The van der Waals surface area contributed by atoms with Crippen molar-refractivity contribution in [2.24, 2.45) is 5.92 Å². The van der Waals surface area contributed by atoms with Crippen LogP contribution in [0.1, 0.15) is 6.42 Å². The Labute approximate surface area is 133 Å². The normalized spacial score (nSPS) is 29.0. The van der Waals surface area contributed by atoms with Crippen LogP contribution in [0.25, 0.3) is 10.8 Å². The van der Waals surface area contributed by atoms with Crippen molar-refractivity contribution in [3.05, 3.63) is 54.6 Å². The molecule has 2 aromatic carbocycles. The molecule has 1 aliphatic carbocycles. The number of amides is 1. The van der Waals surface area contributed by atoms with E-state index in [4.69, 9.17) is 12.2 Å². The Balaban J connectivity index is 1.67. The summed E-state index contributed by atoms with van der Waals surface area (Å²) in [4.78, 5) is 16.9. The van der Waals surface area contributed by atoms with Gasteiger partial charge in [-0.3, -0.25) is 9.69 Å². The van der Waals surface area contributed by atoms with Crippen molar-refractivity contribution >= 4 is 39.7 Å². The van der Waals surface area contributed by atoms with Gasteiger partial charge in [0.05, 0.1) is 11.7 Å². The maximum Gasteiger partial charge on any atom is 0.256 e. The molecule has 5 rings (SSSR count). The van der Waals surface area contributed by atoms with Crippen LogP contribution in [0.4, 0.5) is 5.69 Å². The number of carbonyl (C=O) groups is 1. The van der Waals surface area contributed by atoms with Gasteiger partial charge >= 0.3 is 0 Å². The summed E-state index contributed by atoms with van der Waals surface area (Å²) in [5.74, 6) is 0.439.